The highest BCUT2D eigenvalue weighted by Gasteiger charge is 2.24. The average molecular weight is 257 g/mol. The first-order valence-corrected chi connectivity index (χ1v) is 6.78. The number of para-hydroxylation sites is 2. The Bertz CT molecular complexity index is 583. The maximum atomic E-state index is 6.08. The van der Waals surface area contributed by atoms with Crippen LogP contribution >= 0.6 is 0 Å². The minimum atomic E-state index is 0.325. The first-order valence-electron chi connectivity index (χ1n) is 6.78. The molecule has 5 heteroatoms. The van der Waals surface area contributed by atoms with Gasteiger partial charge in [0.15, 0.2) is 11.6 Å². The zero-order valence-corrected chi connectivity index (χ0v) is 10.9. The molecule has 0 saturated carbocycles. The number of nitrogens with two attached hydrogens (primary N) is 2. The normalized spacial score (nSPS) is 19.8. The van der Waals surface area contributed by atoms with Crippen LogP contribution in [0.2, 0.25) is 0 Å². The molecule has 0 amide bonds. The van der Waals surface area contributed by atoms with Gasteiger partial charge >= 0.3 is 0 Å². The first kappa shape index (κ1) is 12.2. The van der Waals surface area contributed by atoms with E-state index >= 15 is 0 Å². The van der Waals surface area contributed by atoms with Gasteiger partial charge in [-0.2, -0.15) is 0 Å². The van der Waals surface area contributed by atoms with Gasteiger partial charge in [-0.25, -0.2) is 9.97 Å². The fraction of sp³-hybridized carbons (Fsp3) is 0.429. The van der Waals surface area contributed by atoms with Crippen LogP contribution in [0.5, 0.6) is 0 Å². The number of piperidine rings is 1. The van der Waals surface area contributed by atoms with E-state index < -0.39 is 0 Å². The number of anilines is 2. The van der Waals surface area contributed by atoms with E-state index in [2.05, 4.69) is 14.9 Å². The molecule has 1 saturated heterocycles. The van der Waals surface area contributed by atoms with Crippen molar-refractivity contribution in [3.63, 3.8) is 0 Å². The van der Waals surface area contributed by atoms with E-state index in [1.807, 2.05) is 24.3 Å². The van der Waals surface area contributed by atoms with Gasteiger partial charge in [0.2, 0.25) is 0 Å². The standard InChI is InChI=1S/C14H19N5/c15-9-10-5-3-4-8-19(10)14-13(16)17-11-6-1-2-7-12(11)18-14/h1-2,6-7,10H,3-5,8-9,15H2,(H2,16,17)/t10-/m0/s1. The third kappa shape index (κ3) is 2.21. The van der Waals surface area contributed by atoms with Crippen LogP contribution in [-0.4, -0.2) is 29.1 Å². The van der Waals surface area contributed by atoms with Crippen LogP contribution in [0.3, 0.4) is 0 Å². The highest BCUT2D eigenvalue weighted by molar-refractivity contribution is 5.79. The quantitative estimate of drug-likeness (QED) is 0.852. The van der Waals surface area contributed by atoms with Crippen molar-refractivity contribution in [3.05, 3.63) is 24.3 Å². The van der Waals surface area contributed by atoms with Crippen LogP contribution in [0.15, 0.2) is 24.3 Å². The summed E-state index contributed by atoms with van der Waals surface area (Å²) in [5.74, 6) is 1.29. The van der Waals surface area contributed by atoms with E-state index in [9.17, 15) is 0 Å². The third-order valence-electron chi connectivity index (χ3n) is 3.75. The second-order valence-corrected chi connectivity index (χ2v) is 5.00. The van der Waals surface area contributed by atoms with Gasteiger partial charge in [0, 0.05) is 19.1 Å². The van der Waals surface area contributed by atoms with Gasteiger partial charge in [0.1, 0.15) is 0 Å². The van der Waals surface area contributed by atoms with Crippen molar-refractivity contribution < 1.29 is 0 Å². The molecule has 1 aliphatic heterocycles. The molecule has 100 valence electrons. The van der Waals surface area contributed by atoms with Gasteiger partial charge in [-0.15, -0.1) is 0 Å². The number of nitrogen functional groups attached to an aromatic ring is 1. The molecule has 1 aromatic heterocycles. The summed E-state index contributed by atoms with van der Waals surface area (Å²) in [6.45, 7) is 1.59. The molecular formula is C14H19N5. The average Bonchev–Trinajstić information content (AvgIpc) is 2.46. The van der Waals surface area contributed by atoms with E-state index in [4.69, 9.17) is 11.5 Å². The molecule has 2 aromatic rings. The Morgan fingerprint density at radius 1 is 1.16 bits per heavy atom. The summed E-state index contributed by atoms with van der Waals surface area (Å²) in [4.78, 5) is 11.4. The monoisotopic (exact) mass is 257 g/mol. The maximum Gasteiger partial charge on any atom is 0.172 e. The lowest BCUT2D eigenvalue weighted by Crippen LogP contribution is -2.45. The molecule has 0 aliphatic carbocycles. The van der Waals surface area contributed by atoms with Crippen LogP contribution in [0.25, 0.3) is 11.0 Å². The number of aromatic nitrogens is 2. The number of hydrogen-bond donors (Lipinski definition) is 2. The Hall–Kier alpha value is -1.88. The lowest BCUT2D eigenvalue weighted by atomic mass is 10.0. The van der Waals surface area contributed by atoms with Crippen molar-refractivity contribution in [3.8, 4) is 0 Å². The topological polar surface area (TPSA) is 81.1 Å². The van der Waals surface area contributed by atoms with Crippen LogP contribution in [0.1, 0.15) is 19.3 Å². The van der Waals surface area contributed by atoms with Gasteiger partial charge in [0.05, 0.1) is 11.0 Å². The van der Waals surface area contributed by atoms with Crippen molar-refractivity contribution in [2.24, 2.45) is 5.73 Å². The summed E-state index contributed by atoms with van der Waals surface area (Å²) in [5, 5.41) is 0. The fourth-order valence-electron chi connectivity index (χ4n) is 2.74. The fourth-order valence-corrected chi connectivity index (χ4v) is 2.74. The van der Waals surface area contributed by atoms with Crippen molar-refractivity contribution >= 4 is 22.7 Å². The number of benzene rings is 1. The van der Waals surface area contributed by atoms with Gasteiger partial charge < -0.3 is 16.4 Å². The summed E-state index contributed by atoms with van der Waals surface area (Å²) in [7, 11) is 0. The van der Waals surface area contributed by atoms with E-state index in [-0.39, 0.29) is 0 Å². The summed E-state index contributed by atoms with van der Waals surface area (Å²) in [6, 6.07) is 8.13. The molecule has 2 heterocycles. The number of nitrogens with zero attached hydrogens (tertiary/aromatic N) is 3. The van der Waals surface area contributed by atoms with Gasteiger partial charge in [0.25, 0.3) is 0 Å². The van der Waals surface area contributed by atoms with Crippen molar-refractivity contribution in [1.29, 1.82) is 0 Å². The van der Waals surface area contributed by atoms with E-state index in [1.54, 1.807) is 0 Å². The Balaban J connectivity index is 2.05. The Morgan fingerprint density at radius 2 is 1.89 bits per heavy atom. The zero-order chi connectivity index (χ0) is 13.2. The number of rotatable bonds is 2. The van der Waals surface area contributed by atoms with E-state index in [1.165, 1.54) is 6.42 Å². The molecular weight excluding hydrogens is 238 g/mol. The molecule has 1 atom stereocenters. The molecule has 0 bridgehead atoms. The highest BCUT2D eigenvalue weighted by atomic mass is 15.2. The molecule has 0 radical (unpaired) electrons. The van der Waals surface area contributed by atoms with Gasteiger partial charge in [-0.05, 0) is 31.4 Å². The van der Waals surface area contributed by atoms with Crippen LogP contribution in [0, 0.1) is 0 Å². The molecule has 4 N–H and O–H groups in total. The highest BCUT2D eigenvalue weighted by Crippen LogP contribution is 2.28. The predicted octanol–water partition coefficient (Wildman–Crippen LogP) is 1.53. The SMILES string of the molecule is NC[C@@H]1CCCCN1c1nc2ccccc2nc1N. The second-order valence-electron chi connectivity index (χ2n) is 5.00. The second kappa shape index (κ2) is 5.01. The molecule has 5 nitrogen and oxygen atoms in total. The number of fused-ring (bicyclic) bond motifs is 1. The molecule has 0 spiro atoms. The smallest absolute Gasteiger partial charge is 0.172 e. The third-order valence-corrected chi connectivity index (χ3v) is 3.75. The van der Waals surface area contributed by atoms with Crippen LogP contribution in [0.4, 0.5) is 11.6 Å². The zero-order valence-electron chi connectivity index (χ0n) is 10.9. The number of hydrogen-bond acceptors (Lipinski definition) is 5. The molecule has 0 unspecified atom stereocenters. The van der Waals surface area contributed by atoms with Crippen molar-refractivity contribution in [1.82, 2.24) is 9.97 Å². The Labute approximate surface area is 112 Å². The molecule has 19 heavy (non-hydrogen) atoms. The molecule has 1 aromatic carbocycles. The van der Waals surface area contributed by atoms with Gasteiger partial charge in [-0.1, -0.05) is 12.1 Å². The minimum absolute atomic E-state index is 0.325. The lowest BCUT2D eigenvalue weighted by Gasteiger charge is -2.36. The summed E-state index contributed by atoms with van der Waals surface area (Å²) in [5.41, 5.74) is 13.7. The van der Waals surface area contributed by atoms with E-state index in [0.717, 1.165) is 36.2 Å². The van der Waals surface area contributed by atoms with Crippen molar-refractivity contribution in [2.45, 2.75) is 25.3 Å². The lowest BCUT2D eigenvalue weighted by molar-refractivity contribution is 0.462. The summed E-state index contributed by atoms with van der Waals surface area (Å²) < 4.78 is 0. The molecule has 1 aliphatic rings. The summed E-state index contributed by atoms with van der Waals surface area (Å²) >= 11 is 0. The largest absolute Gasteiger partial charge is 0.381 e. The van der Waals surface area contributed by atoms with Crippen LogP contribution < -0.4 is 16.4 Å². The van der Waals surface area contributed by atoms with Crippen LogP contribution in [-0.2, 0) is 0 Å². The van der Waals surface area contributed by atoms with E-state index in [0.29, 0.717) is 18.4 Å². The molecule has 3 rings (SSSR count). The minimum Gasteiger partial charge on any atom is -0.381 e. The first-order chi connectivity index (χ1) is 9.29. The van der Waals surface area contributed by atoms with Crippen molar-refractivity contribution in [2.75, 3.05) is 23.7 Å². The Kier molecular flexibility index (Phi) is 3.21. The predicted molar refractivity (Wildman–Crippen MR) is 78.0 cm³/mol. The Morgan fingerprint density at radius 3 is 2.63 bits per heavy atom. The van der Waals surface area contributed by atoms with Gasteiger partial charge in [-0.3, -0.25) is 0 Å². The summed E-state index contributed by atoms with van der Waals surface area (Å²) in [6.07, 6.45) is 3.48. The maximum absolute atomic E-state index is 6.08. The molecule has 1 fully saturated rings.